The van der Waals surface area contributed by atoms with Gasteiger partial charge in [-0.15, -0.1) is 0 Å². The SMILES string of the molecule is O=C(O)CCCC=CC1C2CCC(C2)C1CNS(=O)(=O)C=Cc1cccc(F)c1. The molecule has 1 aromatic carbocycles. The highest BCUT2D eigenvalue weighted by Crippen LogP contribution is 2.52. The van der Waals surface area contributed by atoms with Crippen molar-refractivity contribution in [3.63, 3.8) is 0 Å². The third kappa shape index (κ3) is 6.24. The summed E-state index contributed by atoms with van der Waals surface area (Å²) in [4.78, 5) is 10.6. The number of hydrogen-bond donors (Lipinski definition) is 2. The number of aliphatic carboxylic acids is 1. The van der Waals surface area contributed by atoms with E-state index in [-0.39, 0.29) is 12.3 Å². The lowest BCUT2D eigenvalue weighted by atomic mass is 9.79. The summed E-state index contributed by atoms with van der Waals surface area (Å²) in [6.45, 7) is 0.390. The summed E-state index contributed by atoms with van der Waals surface area (Å²) in [7, 11) is -3.60. The number of sulfonamides is 1. The number of unbranched alkanes of at least 4 members (excludes halogenated alkanes) is 1. The van der Waals surface area contributed by atoms with E-state index in [0.29, 0.717) is 36.3 Å². The van der Waals surface area contributed by atoms with Crippen molar-refractivity contribution in [2.24, 2.45) is 23.7 Å². The van der Waals surface area contributed by atoms with Gasteiger partial charge < -0.3 is 5.11 Å². The topological polar surface area (TPSA) is 83.5 Å². The minimum Gasteiger partial charge on any atom is -0.481 e. The Kier molecular flexibility index (Phi) is 7.24. The summed E-state index contributed by atoms with van der Waals surface area (Å²) in [5, 5.41) is 9.80. The number of carboxylic acids is 1. The molecule has 3 rings (SSSR count). The van der Waals surface area contributed by atoms with Gasteiger partial charge in [0.15, 0.2) is 0 Å². The molecule has 0 radical (unpaired) electrons. The number of carbonyl (C=O) groups is 1. The number of rotatable bonds is 10. The van der Waals surface area contributed by atoms with E-state index >= 15 is 0 Å². The molecule has 4 unspecified atom stereocenters. The zero-order valence-electron chi connectivity index (χ0n) is 16.3. The fraction of sp³-hybridized carbons (Fsp3) is 0.500. The molecule has 2 bridgehead atoms. The van der Waals surface area contributed by atoms with Gasteiger partial charge in [0.2, 0.25) is 10.0 Å². The van der Waals surface area contributed by atoms with Gasteiger partial charge in [-0.25, -0.2) is 17.5 Å². The average Bonchev–Trinajstić information content (AvgIpc) is 3.26. The second-order valence-corrected chi connectivity index (χ2v) is 9.69. The second kappa shape index (κ2) is 9.67. The Balaban J connectivity index is 1.56. The van der Waals surface area contributed by atoms with E-state index in [9.17, 15) is 17.6 Å². The van der Waals surface area contributed by atoms with Crippen molar-refractivity contribution in [1.29, 1.82) is 0 Å². The molecule has 0 aliphatic heterocycles. The first-order valence-corrected chi connectivity index (χ1v) is 11.7. The van der Waals surface area contributed by atoms with Gasteiger partial charge in [0.05, 0.1) is 0 Å². The summed E-state index contributed by atoms with van der Waals surface area (Å²) < 4.78 is 40.6. The van der Waals surface area contributed by atoms with Gasteiger partial charge in [-0.05, 0) is 79.5 Å². The fourth-order valence-corrected chi connectivity index (χ4v) is 5.58. The van der Waals surface area contributed by atoms with Crippen molar-refractivity contribution in [3.05, 3.63) is 53.2 Å². The molecule has 158 valence electrons. The smallest absolute Gasteiger partial charge is 0.303 e. The van der Waals surface area contributed by atoms with Crippen LogP contribution in [0.5, 0.6) is 0 Å². The molecule has 0 heterocycles. The summed E-state index contributed by atoms with van der Waals surface area (Å²) in [6.07, 6.45) is 10.6. The highest BCUT2D eigenvalue weighted by atomic mass is 32.2. The maximum atomic E-state index is 13.2. The monoisotopic (exact) mass is 421 g/mol. The Morgan fingerprint density at radius 1 is 1.28 bits per heavy atom. The molecule has 2 aliphatic rings. The van der Waals surface area contributed by atoms with Crippen LogP contribution in [0.15, 0.2) is 41.8 Å². The third-order valence-corrected chi connectivity index (χ3v) is 7.15. The van der Waals surface area contributed by atoms with E-state index in [1.165, 1.54) is 30.7 Å². The molecule has 2 fully saturated rings. The first-order valence-electron chi connectivity index (χ1n) is 10.2. The van der Waals surface area contributed by atoms with Crippen molar-refractivity contribution >= 4 is 22.1 Å². The summed E-state index contributed by atoms with van der Waals surface area (Å²) in [5.41, 5.74) is 0.498. The van der Waals surface area contributed by atoms with Crippen LogP contribution in [0.4, 0.5) is 4.39 Å². The number of halogens is 1. The van der Waals surface area contributed by atoms with E-state index in [0.717, 1.165) is 24.7 Å². The Hall–Kier alpha value is -1.99. The normalized spacial score (nSPS) is 26.7. The minimum atomic E-state index is -3.60. The molecule has 2 aliphatic carbocycles. The first-order chi connectivity index (χ1) is 13.8. The molecule has 1 aromatic rings. The lowest BCUT2D eigenvalue weighted by Gasteiger charge is -2.29. The maximum Gasteiger partial charge on any atom is 0.303 e. The van der Waals surface area contributed by atoms with E-state index < -0.39 is 21.8 Å². The summed E-state index contributed by atoms with van der Waals surface area (Å²) in [6, 6.07) is 5.79. The van der Waals surface area contributed by atoms with Crippen LogP contribution in [0.2, 0.25) is 0 Å². The number of benzene rings is 1. The molecule has 0 saturated heterocycles. The Morgan fingerprint density at radius 2 is 2.07 bits per heavy atom. The second-order valence-electron chi connectivity index (χ2n) is 8.04. The lowest BCUT2D eigenvalue weighted by molar-refractivity contribution is -0.137. The van der Waals surface area contributed by atoms with Crippen LogP contribution < -0.4 is 4.72 Å². The van der Waals surface area contributed by atoms with Gasteiger partial charge in [-0.2, -0.15) is 0 Å². The molecule has 0 amide bonds. The molecule has 0 spiro atoms. The quantitative estimate of drug-likeness (QED) is 0.438. The first kappa shape index (κ1) is 21.7. The number of allylic oxidation sites excluding steroid dienone is 2. The van der Waals surface area contributed by atoms with E-state index in [1.54, 1.807) is 6.07 Å². The third-order valence-electron chi connectivity index (χ3n) is 6.09. The molecule has 2 N–H and O–H groups in total. The Morgan fingerprint density at radius 3 is 2.83 bits per heavy atom. The van der Waals surface area contributed by atoms with Crippen molar-refractivity contribution in [2.75, 3.05) is 6.54 Å². The molecule has 29 heavy (non-hydrogen) atoms. The molecule has 0 aromatic heterocycles. The molecule has 5 nitrogen and oxygen atoms in total. The zero-order chi connectivity index (χ0) is 20.9. The van der Waals surface area contributed by atoms with Gasteiger partial charge in [-0.3, -0.25) is 4.79 Å². The molecule has 7 heteroatoms. The van der Waals surface area contributed by atoms with Crippen LogP contribution in [0.25, 0.3) is 6.08 Å². The largest absolute Gasteiger partial charge is 0.481 e. The van der Waals surface area contributed by atoms with Crippen LogP contribution in [-0.4, -0.2) is 26.0 Å². The van der Waals surface area contributed by atoms with Crippen molar-refractivity contribution in [2.45, 2.75) is 38.5 Å². The number of hydrogen-bond acceptors (Lipinski definition) is 3. The maximum absolute atomic E-state index is 13.2. The van der Waals surface area contributed by atoms with Crippen LogP contribution in [0.1, 0.15) is 44.1 Å². The standard InChI is InChI=1S/C22H28FNO4S/c23-19-6-4-5-16(13-19)11-12-29(27,28)24-15-21-18-10-9-17(14-18)20(21)7-2-1-3-8-22(25)26/h2,4-7,11-13,17-18,20-21,24H,1,3,8-10,14-15H2,(H,25,26). The number of carboxylic acid groups (broad SMARTS) is 1. The van der Waals surface area contributed by atoms with Crippen LogP contribution in [0, 0.1) is 29.5 Å². The predicted molar refractivity (Wildman–Crippen MR) is 111 cm³/mol. The Labute approximate surface area is 171 Å². The summed E-state index contributed by atoms with van der Waals surface area (Å²) >= 11 is 0. The van der Waals surface area contributed by atoms with Gasteiger partial charge in [0, 0.05) is 18.4 Å². The zero-order valence-corrected chi connectivity index (χ0v) is 17.2. The molecular formula is C22H28FNO4S. The van der Waals surface area contributed by atoms with Gasteiger partial charge in [0.25, 0.3) is 0 Å². The van der Waals surface area contributed by atoms with Crippen LogP contribution >= 0.6 is 0 Å². The van der Waals surface area contributed by atoms with E-state index in [2.05, 4.69) is 16.9 Å². The predicted octanol–water partition coefficient (Wildman–Crippen LogP) is 4.19. The van der Waals surface area contributed by atoms with Gasteiger partial charge in [-0.1, -0.05) is 24.3 Å². The van der Waals surface area contributed by atoms with Crippen molar-refractivity contribution < 1.29 is 22.7 Å². The van der Waals surface area contributed by atoms with Crippen LogP contribution in [0.3, 0.4) is 0 Å². The number of nitrogens with one attached hydrogen (secondary N) is 1. The highest BCUT2D eigenvalue weighted by molar-refractivity contribution is 7.92. The molecular weight excluding hydrogens is 393 g/mol. The van der Waals surface area contributed by atoms with Gasteiger partial charge in [0.1, 0.15) is 5.82 Å². The fourth-order valence-electron chi connectivity index (χ4n) is 4.72. The average molecular weight is 422 g/mol. The van der Waals surface area contributed by atoms with E-state index in [4.69, 9.17) is 5.11 Å². The molecule has 2 saturated carbocycles. The minimum absolute atomic E-state index is 0.169. The Bertz CT molecular complexity index is 881. The van der Waals surface area contributed by atoms with Crippen LogP contribution in [-0.2, 0) is 14.8 Å². The summed E-state index contributed by atoms with van der Waals surface area (Å²) in [5.74, 6) is 0.543. The molecule has 4 atom stereocenters. The highest BCUT2D eigenvalue weighted by Gasteiger charge is 2.46. The van der Waals surface area contributed by atoms with E-state index in [1.807, 2.05) is 0 Å². The lowest BCUT2D eigenvalue weighted by Crippen LogP contribution is -2.34. The van der Waals surface area contributed by atoms with Crippen molar-refractivity contribution in [3.8, 4) is 0 Å². The number of fused-ring (bicyclic) bond motifs is 2. The van der Waals surface area contributed by atoms with Gasteiger partial charge >= 0.3 is 5.97 Å². The van der Waals surface area contributed by atoms with Crippen molar-refractivity contribution in [1.82, 2.24) is 4.72 Å².